The maximum absolute atomic E-state index is 11.8. The van der Waals surface area contributed by atoms with Crippen LogP contribution in [-0.2, 0) is 16.4 Å². The molecule has 0 aromatic carbocycles. The van der Waals surface area contributed by atoms with E-state index in [9.17, 15) is 8.42 Å². The third kappa shape index (κ3) is 4.37. The van der Waals surface area contributed by atoms with Crippen LogP contribution in [0, 0.1) is 5.92 Å². The summed E-state index contributed by atoms with van der Waals surface area (Å²) in [5.74, 6) is 0.664. The summed E-state index contributed by atoms with van der Waals surface area (Å²) in [6.07, 6.45) is 6.91. The van der Waals surface area contributed by atoms with E-state index in [1.54, 1.807) is 17.5 Å². The lowest BCUT2D eigenvalue weighted by Crippen LogP contribution is -2.30. The first-order valence-electron chi connectivity index (χ1n) is 6.01. The van der Waals surface area contributed by atoms with E-state index in [0.29, 0.717) is 24.6 Å². The molecule has 0 saturated heterocycles. The SMILES string of the molecule is O=S(=O)(CC1CCCC1)NCCc1nccs1. The van der Waals surface area contributed by atoms with Crippen LogP contribution in [0.1, 0.15) is 30.7 Å². The minimum absolute atomic E-state index is 0.296. The zero-order valence-electron chi connectivity index (χ0n) is 9.76. The van der Waals surface area contributed by atoms with Gasteiger partial charge in [0, 0.05) is 24.5 Å². The van der Waals surface area contributed by atoms with E-state index in [1.807, 2.05) is 5.38 Å². The van der Waals surface area contributed by atoms with Crippen molar-refractivity contribution in [3.05, 3.63) is 16.6 Å². The average molecular weight is 274 g/mol. The molecular weight excluding hydrogens is 256 g/mol. The fourth-order valence-electron chi connectivity index (χ4n) is 2.24. The minimum Gasteiger partial charge on any atom is -0.250 e. The number of thiazole rings is 1. The molecule has 6 heteroatoms. The predicted molar refractivity (Wildman–Crippen MR) is 69.6 cm³/mol. The summed E-state index contributed by atoms with van der Waals surface area (Å²) in [6, 6.07) is 0. The maximum atomic E-state index is 11.8. The van der Waals surface area contributed by atoms with E-state index in [4.69, 9.17) is 0 Å². The monoisotopic (exact) mass is 274 g/mol. The second kappa shape index (κ2) is 5.93. The van der Waals surface area contributed by atoms with E-state index < -0.39 is 10.0 Å². The van der Waals surface area contributed by atoms with Gasteiger partial charge in [-0.1, -0.05) is 12.8 Å². The van der Waals surface area contributed by atoms with Crippen molar-refractivity contribution in [2.24, 2.45) is 5.92 Å². The van der Waals surface area contributed by atoms with Gasteiger partial charge < -0.3 is 0 Å². The Morgan fingerprint density at radius 1 is 1.41 bits per heavy atom. The van der Waals surface area contributed by atoms with Crippen LogP contribution in [0.25, 0.3) is 0 Å². The predicted octanol–water partition coefficient (Wildman–Crippen LogP) is 1.80. The zero-order valence-corrected chi connectivity index (χ0v) is 11.4. The topological polar surface area (TPSA) is 59.1 Å². The van der Waals surface area contributed by atoms with E-state index in [-0.39, 0.29) is 0 Å². The number of nitrogens with zero attached hydrogens (tertiary/aromatic N) is 1. The molecule has 96 valence electrons. The molecule has 0 radical (unpaired) electrons. The first-order chi connectivity index (χ1) is 8.16. The molecule has 1 N–H and O–H groups in total. The molecule has 1 aromatic heterocycles. The molecule has 1 aliphatic carbocycles. The summed E-state index contributed by atoms with van der Waals surface area (Å²) in [7, 11) is -3.09. The largest absolute Gasteiger partial charge is 0.250 e. The zero-order chi connectivity index (χ0) is 12.1. The van der Waals surface area contributed by atoms with Gasteiger partial charge in [0.1, 0.15) is 0 Å². The summed E-state index contributed by atoms with van der Waals surface area (Å²) < 4.78 is 26.2. The van der Waals surface area contributed by atoms with E-state index >= 15 is 0 Å². The Balaban J connectivity index is 1.73. The van der Waals surface area contributed by atoms with Crippen LogP contribution in [0.5, 0.6) is 0 Å². The Labute approximate surface area is 107 Å². The highest BCUT2D eigenvalue weighted by atomic mass is 32.2. The molecule has 1 saturated carbocycles. The highest BCUT2D eigenvalue weighted by Crippen LogP contribution is 2.25. The van der Waals surface area contributed by atoms with Crippen molar-refractivity contribution in [1.29, 1.82) is 0 Å². The third-order valence-electron chi connectivity index (χ3n) is 3.07. The van der Waals surface area contributed by atoms with E-state index in [2.05, 4.69) is 9.71 Å². The van der Waals surface area contributed by atoms with Crippen LogP contribution < -0.4 is 4.72 Å². The molecule has 0 bridgehead atoms. The Kier molecular flexibility index (Phi) is 4.53. The minimum atomic E-state index is -3.09. The molecule has 1 aliphatic rings. The van der Waals surface area contributed by atoms with Gasteiger partial charge in [0.05, 0.1) is 10.8 Å². The molecule has 0 spiro atoms. The molecule has 17 heavy (non-hydrogen) atoms. The number of sulfonamides is 1. The number of aromatic nitrogens is 1. The lowest BCUT2D eigenvalue weighted by molar-refractivity contribution is 0.547. The normalized spacial score (nSPS) is 17.6. The van der Waals surface area contributed by atoms with Crippen molar-refractivity contribution < 1.29 is 8.42 Å². The Morgan fingerprint density at radius 3 is 2.82 bits per heavy atom. The quantitative estimate of drug-likeness (QED) is 0.860. The summed E-state index contributed by atoms with van der Waals surface area (Å²) in [5, 5.41) is 2.89. The van der Waals surface area contributed by atoms with Crippen LogP contribution in [0.15, 0.2) is 11.6 Å². The fraction of sp³-hybridized carbons (Fsp3) is 0.727. The maximum Gasteiger partial charge on any atom is 0.211 e. The summed E-state index contributed by atoms with van der Waals surface area (Å²) in [5.41, 5.74) is 0. The number of hydrogen-bond donors (Lipinski definition) is 1. The first-order valence-corrected chi connectivity index (χ1v) is 8.54. The summed E-state index contributed by atoms with van der Waals surface area (Å²) in [4.78, 5) is 4.12. The van der Waals surface area contributed by atoms with Gasteiger partial charge in [-0.2, -0.15) is 0 Å². The average Bonchev–Trinajstić information content (AvgIpc) is 2.89. The van der Waals surface area contributed by atoms with Crippen molar-refractivity contribution in [3.63, 3.8) is 0 Å². The molecule has 1 fully saturated rings. The van der Waals surface area contributed by atoms with Crippen molar-refractivity contribution in [2.75, 3.05) is 12.3 Å². The molecular formula is C11H18N2O2S2. The lowest BCUT2D eigenvalue weighted by atomic mass is 10.1. The number of hydrogen-bond acceptors (Lipinski definition) is 4. The Hall–Kier alpha value is -0.460. The molecule has 0 atom stereocenters. The molecule has 2 rings (SSSR count). The number of rotatable bonds is 6. The molecule has 0 aliphatic heterocycles. The van der Waals surface area contributed by atoms with Crippen molar-refractivity contribution in [3.8, 4) is 0 Å². The number of nitrogens with one attached hydrogen (secondary N) is 1. The van der Waals surface area contributed by atoms with Crippen LogP contribution in [-0.4, -0.2) is 25.7 Å². The van der Waals surface area contributed by atoms with Crippen LogP contribution in [0.4, 0.5) is 0 Å². The van der Waals surface area contributed by atoms with Gasteiger partial charge in [0.15, 0.2) is 0 Å². The molecule has 1 aromatic rings. The van der Waals surface area contributed by atoms with Crippen LogP contribution in [0.2, 0.25) is 0 Å². The van der Waals surface area contributed by atoms with Crippen molar-refractivity contribution in [1.82, 2.24) is 9.71 Å². The van der Waals surface area contributed by atoms with E-state index in [1.165, 1.54) is 12.8 Å². The van der Waals surface area contributed by atoms with Crippen LogP contribution >= 0.6 is 11.3 Å². The Bertz CT molecular complexity index is 422. The van der Waals surface area contributed by atoms with Gasteiger partial charge in [-0.05, 0) is 18.8 Å². The van der Waals surface area contributed by atoms with Gasteiger partial charge in [-0.3, -0.25) is 0 Å². The first kappa shape index (κ1) is 13.0. The Morgan fingerprint density at radius 2 is 2.18 bits per heavy atom. The summed E-state index contributed by atoms with van der Waals surface area (Å²) in [6.45, 7) is 0.461. The summed E-state index contributed by atoms with van der Waals surface area (Å²) >= 11 is 1.56. The standard InChI is InChI=1S/C11H18N2O2S2/c14-17(15,9-10-3-1-2-4-10)13-6-5-11-12-7-8-16-11/h7-8,10,13H,1-6,9H2. The van der Waals surface area contributed by atoms with Gasteiger partial charge >= 0.3 is 0 Å². The smallest absolute Gasteiger partial charge is 0.211 e. The highest BCUT2D eigenvalue weighted by molar-refractivity contribution is 7.89. The van der Waals surface area contributed by atoms with E-state index in [0.717, 1.165) is 17.8 Å². The van der Waals surface area contributed by atoms with Crippen molar-refractivity contribution in [2.45, 2.75) is 32.1 Å². The second-order valence-electron chi connectivity index (χ2n) is 4.50. The highest BCUT2D eigenvalue weighted by Gasteiger charge is 2.21. The molecule has 0 amide bonds. The second-order valence-corrected chi connectivity index (χ2v) is 7.33. The van der Waals surface area contributed by atoms with Gasteiger partial charge in [-0.15, -0.1) is 11.3 Å². The van der Waals surface area contributed by atoms with Gasteiger partial charge in [0.2, 0.25) is 10.0 Å². The van der Waals surface area contributed by atoms with Gasteiger partial charge in [0.25, 0.3) is 0 Å². The van der Waals surface area contributed by atoms with Crippen LogP contribution in [0.3, 0.4) is 0 Å². The van der Waals surface area contributed by atoms with Gasteiger partial charge in [-0.25, -0.2) is 18.1 Å². The molecule has 4 nitrogen and oxygen atoms in total. The molecule has 0 unspecified atom stereocenters. The van der Waals surface area contributed by atoms with Crippen molar-refractivity contribution >= 4 is 21.4 Å². The lowest BCUT2D eigenvalue weighted by Gasteiger charge is -2.10. The molecule has 1 heterocycles. The fourth-order valence-corrected chi connectivity index (χ4v) is 4.34. The third-order valence-corrected chi connectivity index (χ3v) is 5.47.